The van der Waals surface area contributed by atoms with Crippen molar-refractivity contribution in [2.75, 3.05) is 45.8 Å². The van der Waals surface area contributed by atoms with Gasteiger partial charge in [0.05, 0.1) is 11.1 Å². The van der Waals surface area contributed by atoms with Crippen molar-refractivity contribution in [3.8, 4) is 0 Å². The molecule has 1 aromatic heterocycles. The second kappa shape index (κ2) is 13.9. The number of nitrogens with zero attached hydrogens (tertiary/aromatic N) is 5. The average molecular weight is 728 g/mol. The summed E-state index contributed by atoms with van der Waals surface area (Å²) < 4.78 is 115. The van der Waals surface area contributed by atoms with Gasteiger partial charge in [0, 0.05) is 69.5 Å². The molecule has 0 aliphatic carbocycles. The molecule has 0 N–H and O–H groups in total. The zero-order valence-electron chi connectivity index (χ0n) is 27.7. The zero-order valence-corrected chi connectivity index (χ0v) is 28.5. The van der Waals surface area contributed by atoms with Gasteiger partial charge in [-0.3, -0.25) is 14.6 Å². The number of hydrogen-bond acceptors (Lipinski definition) is 7. The quantitative estimate of drug-likeness (QED) is 0.292. The molecule has 2 aromatic carbocycles. The van der Waals surface area contributed by atoms with Crippen LogP contribution >= 0.6 is 0 Å². The molecule has 0 radical (unpaired) electrons. The Balaban J connectivity index is 1.14. The molecule has 4 heterocycles. The smallest absolute Gasteiger partial charge is 0.360 e. The van der Waals surface area contributed by atoms with Crippen molar-refractivity contribution in [3.05, 3.63) is 82.2 Å². The third-order valence-electron chi connectivity index (χ3n) is 10.2. The van der Waals surface area contributed by atoms with Crippen molar-refractivity contribution in [1.82, 2.24) is 24.2 Å². The van der Waals surface area contributed by atoms with Crippen molar-refractivity contribution >= 4 is 15.9 Å². The van der Waals surface area contributed by atoms with Crippen molar-refractivity contribution < 1.29 is 44.1 Å². The van der Waals surface area contributed by atoms with Crippen LogP contribution in [0.1, 0.15) is 57.8 Å². The fraction of sp³-hybridized carbons (Fsp3) is 0.529. The molecular weight excluding hydrogens is 688 g/mol. The first-order valence-corrected chi connectivity index (χ1v) is 18.0. The van der Waals surface area contributed by atoms with Gasteiger partial charge in [-0.15, -0.1) is 0 Å². The van der Waals surface area contributed by atoms with Gasteiger partial charge in [-0.05, 0) is 63.3 Å². The number of carbonyl (C=O) groups excluding carboxylic acids is 1. The monoisotopic (exact) mass is 727 g/mol. The first-order chi connectivity index (χ1) is 23.5. The largest absolute Gasteiger partial charge is 0.416 e. The van der Waals surface area contributed by atoms with Gasteiger partial charge in [0.2, 0.25) is 10.0 Å². The molecule has 16 heteroatoms. The predicted octanol–water partition coefficient (Wildman–Crippen LogP) is 5.63. The first-order valence-electron chi connectivity index (χ1n) is 16.6. The lowest BCUT2D eigenvalue weighted by Crippen LogP contribution is -2.58. The highest BCUT2D eigenvalue weighted by atomic mass is 32.2. The minimum atomic E-state index is -5.06. The van der Waals surface area contributed by atoms with Gasteiger partial charge in [-0.25, -0.2) is 8.42 Å². The van der Waals surface area contributed by atoms with Crippen LogP contribution in [0.4, 0.5) is 26.3 Å². The second-order valence-corrected chi connectivity index (χ2v) is 15.2. The van der Waals surface area contributed by atoms with Crippen LogP contribution in [0, 0.1) is 13.8 Å². The summed E-state index contributed by atoms with van der Waals surface area (Å²) >= 11 is 0. The molecule has 0 spiro atoms. The highest BCUT2D eigenvalue weighted by molar-refractivity contribution is 7.89. The van der Waals surface area contributed by atoms with Crippen molar-refractivity contribution in [3.63, 3.8) is 0 Å². The van der Waals surface area contributed by atoms with Gasteiger partial charge in [-0.2, -0.15) is 30.6 Å². The number of aromatic nitrogens is 1. The highest BCUT2D eigenvalue weighted by Gasteiger charge is 2.42. The topological polar surface area (TPSA) is 90.2 Å². The van der Waals surface area contributed by atoms with Crippen LogP contribution in [0.5, 0.6) is 0 Å². The number of benzene rings is 2. The summed E-state index contributed by atoms with van der Waals surface area (Å²) in [4.78, 5) is 19.9. The van der Waals surface area contributed by atoms with Crippen LogP contribution in [0.3, 0.4) is 0 Å². The van der Waals surface area contributed by atoms with E-state index in [9.17, 15) is 39.6 Å². The molecule has 3 aromatic rings. The Labute approximate surface area is 286 Å². The Bertz CT molecular complexity index is 1740. The molecule has 3 unspecified atom stereocenters. The number of amides is 1. The zero-order chi connectivity index (χ0) is 36.0. The fourth-order valence-electron chi connectivity index (χ4n) is 7.62. The number of aryl methyl sites for hydroxylation is 2. The van der Waals surface area contributed by atoms with E-state index in [1.165, 1.54) is 9.21 Å². The number of piperidine rings is 1. The predicted molar refractivity (Wildman–Crippen MR) is 171 cm³/mol. The Morgan fingerprint density at radius 3 is 1.98 bits per heavy atom. The van der Waals surface area contributed by atoms with Gasteiger partial charge in [0.1, 0.15) is 10.6 Å². The number of piperazine rings is 1. The van der Waals surface area contributed by atoms with E-state index in [0.717, 1.165) is 5.56 Å². The molecule has 0 bridgehead atoms. The lowest BCUT2D eigenvalue weighted by Gasteiger charge is -2.47. The van der Waals surface area contributed by atoms with Gasteiger partial charge in [0.15, 0.2) is 5.76 Å². The number of sulfonamides is 1. The van der Waals surface area contributed by atoms with Crippen LogP contribution in [0.25, 0.3) is 0 Å². The second-order valence-electron chi connectivity index (χ2n) is 13.3. The summed E-state index contributed by atoms with van der Waals surface area (Å²) in [6.07, 6.45) is -8.03. The molecule has 6 rings (SSSR count). The summed E-state index contributed by atoms with van der Waals surface area (Å²) in [5, 5.41) is 3.80. The van der Waals surface area contributed by atoms with Crippen LogP contribution in [-0.2, 0) is 28.8 Å². The summed E-state index contributed by atoms with van der Waals surface area (Å²) in [6.45, 7) is 6.93. The maximum absolute atomic E-state index is 13.8. The maximum atomic E-state index is 13.8. The number of alkyl halides is 6. The van der Waals surface area contributed by atoms with Gasteiger partial charge in [-0.1, -0.05) is 35.5 Å². The van der Waals surface area contributed by atoms with Gasteiger partial charge >= 0.3 is 12.4 Å². The van der Waals surface area contributed by atoms with Gasteiger partial charge in [0.25, 0.3) is 5.91 Å². The Morgan fingerprint density at radius 1 is 0.840 bits per heavy atom. The Morgan fingerprint density at radius 2 is 1.42 bits per heavy atom. The molecule has 0 saturated carbocycles. The minimum Gasteiger partial charge on any atom is -0.360 e. The first kappa shape index (κ1) is 36.3. The summed E-state index contributed by atoms with van der Waals surface area (Å²) in [5.41, 5.74) is -2.44. The Kier molecular flexibility index (Phi) is 10.1. The molecule has 9 nitrogen and oxygen atoms in total. The third-order valence-corrected chi connectivity index (χ3v) is 12.3. The number of rotatable bonds is 7. The van der Waals surface area contributed by atoms with E-state index in [4.69, 9.17) is 4.52 Å². The minimum absolute atomic E-state index is 0.0327. The molecule has 3 aliphatic heterocycles. The summed E-state index contributed by atoms with van der Waals surface area (Å²) in [7, 11) is -3.74. The molecule has 3 atom stereocenters. The van der Waals surface area contributed by atoms with E-state index in [1.54, 1.807) is 13.8 Å². The number of halogens is 6. The van der Waals surface area contributed by atoms with Crippen molar-refractivity contribution in [2.45, 2.75) is 74.9 Å². The lowest BCUT2D eigenvalue weighted by molar-refractivity contribution is -0.143. The highest BCUT2D eigenvalue weighted by Crippen LogP contribution is 2.37. The number of carbonyl (C=O) groups is 1. The van der Waals surface area contributed by atoms with E-state index in [2.05, 4.69) is 15.0 Å². The van der Waals surface area contributed by atoms with Crippen LogP contribution in [0.2, 0.25) is 0 Å². The summed E-state index contributed by atoms with van der Waals surface area (Å²) in [5.74, 6) is -0.595. The maximum Gasteiger partial charge on any atom is 0.416 e. The van der Waals surface area contributed by atoms with E-state index < -0.39 is 51.0 Å². The van der Waals surface area contributed by atoms with Crippen LogP contribution in [-0.4, -0.2) is 102 Å². The number of likely N-dealkylation sites (tertiary alicyclic amines) is 1. The van der Waals surface area contributed by atoms with Crippen LogP contribution in [0.15, 0.2) is 57.9 Å². The third kappa shape index (κ3) is 7.58. The van der Waals surface area contributed by atoms with E-state index >= 15 is 0 Å². The average Bonchev–Trinajstić information content (AvgIpc) is 3.71. The molecule has 50 heavy (non-hydrogen) atoms. The van der Waals surface area contributed by atoms with Crippen molar-refractivity contribution in [2.24, 2.45) is 0 Å². The standard InChI is InChI=1S/C34H39F6N5O4S/c1-22-31(23(2)49-41-22)50(47,48)44-10-8-29(21-44)43-14-12-42(13-15-43)28-9-11-45(30(20-28)16-24-6-4-3-5-7-24)32(46)25-17-26(33(35,36)37)19-27(18-25)34(38,39)40/h3-7,17-19,28-30H,8-16,20-21H2,1-2H3. The van der Waals surface area contributed by atoms with Crippen molar-refractivity contribution in [1.29, 1.82) is 0 Å². The van der Waals surface area contributed by atoms with E-state index in [1.807, 2.05) is 30.3 Å². The van der Waals surface area contributed by atoms with Crippen LogP contribution < -0.4 is 0 Å². The molecule has 3 saturated heterocycles. The molecule has 3 fully saturated rings. The molecule has 272 valence electrons. The summed E-state index contributed by atoms with van der Waals surface area (Å²) in [6, 6.07) is 9.97. The SMILES string of the molecule is Cc1noc(C)c1S(=O)(=O)N1CCC(N2CCN(C3CCN(C(=O)c4cc(C(F)(F)F)cc(C(F)(F)F)c4)C(Cc4ccccc4)C3)CC2)C1. The van der Waals surface area contributed by atoms with E-state index in [-0.39, 0.29) is 35.4 Å². The van der Waals surface area contributed by atoms with E-state index in [0.29, 0.717) is 82.8 Å². The lowest BCUT2D eigenvalue weighted by atomic mass is 9.90. The fourth-order valence-corrected chi connectivity index (χ4v) is 9.40. The number of hydrogen-bond donors (Lipinski definition) is 0. The molecular formula is C34H39F6N5O4S. The van der Waals surface area contributed by atoms with Gasteiger partial charge < -0.3 is 9.42 Å². The molecule has 1 amide bonds. The normalized spacial score (nSPS) is 23.4. The Hall–Kier alpha value is -3.47. The molecule has 3 aliphatic rings.